The topological polar surface area (TPSA) is 81.9 Å². The maximum absolute atomic E-state index is 12.7. The Kier molecular flexibility index (Phi) is 6.72. The molecule has 0 aliphatic rings. The summed E-state index contributed by atoms with van der Waals surface area (Å²) in [6, 6.07) is 18.8. The Bertz CT molecular complexity index is 1270. The molecule has 0 unspecified atom stereocenters. The van der Waals surface area contributed by atoms with Crippen LogP contribution in [-0.4, -0.2) is 38.5 Å². The quantitative estimate of drug-likeness (QED) is 0.383. The molecule has 4 aromatic rings. The minimum absolute atomic E-state index is 0.175. The van der Waals surface area contributed by atoms with Crippen LogP contribution in [0.1, 0.15) is 16.3 Å². The molecule has 7 nitrogen and oxygen atoms in total. The summed E-state index contributed by atoms with van der Waals surface area (Å²) in [5.74, 6) is 1.52. The van der Waals surface area contributed by atoms with E-state index in [9.17, 15) is 4.79 Å². The number of aromatic nitrogens is 4. The van der Waals surface area contributed by atoms with Gasteiger partial charge in [-0.3, -0.25) is 9.36 Å². The highest BCUT2D eigenvalue weighted by atomic mass is 35.5. The smallest absolute Gasteiger partial charge is 0.270 e. The van der Waals surface area contributed by atoms with Gasteiger partial charge >= 0.3 is 0 Å². The molecule has 2 aromatic carbocycles. The van der Waals surface area contributed by atoms with E-state index in [0.29, 0.717) is 27.5 Å². The fourth-order valence-electron chi connectivity index (χ4n) is 3.08. The Morgan fingerprint density at radius 1 is 1.12 bits per heavy atom. The van der Waals surface area contributed by atoms with Crippen molar-refractivity contribution in [2.75, 3.05) is 12.9 Å². The molecule has 2 aromatic heterocycles. The molecule has 0 saturated heterocycles. The van der Waals surface area contributed by atoms with Crippen LogP contribution in [-0.2, 0) is 6.54 Å². The molecule has 0 aliphatic heterocycles. The molecule has 0 bridgehead atoms. The van der Waals surface area contributed by atoms with Crippen molar-refractivity contribution in [2.45, 2.75) is 11.7 Å². The average Bonchev–Trinajstić information content (AvgIpc) is 3.23. The molecule has 0 atom stereocenters. The van der Waals surface area contributed by atoms with Crippen LogP contribution in [0.2, 0.25) is 0 Å². The van der Waals surface area contributed by atoms with Crippen molar-refractivity contribution >= 4 is 40.2 Å². The number of pyridine rings is 1. The van der Waals surface area contributed by atoms with Crippen molar-refractivity contribution in [1.29, 1.82) is 0 Å². The Morgan fingerprint density at radius 2 is 1.91 bits per heavy atom. The number of carbonyl (C=O) groups is 1. The van der Waals surface area contributed by atoms with Crippen molar-refractivity contribution in [2.24, 2.45) is 0 Å². The van der Waals surface area contributed by atoms with E-state index < -0.39 is 0 Å². The maximum Gasteiger partial charge on any atom is 0.270 e. The van der Waals surface area contributed by atoms with Crippen LogP contribution in [0, 0.1) is 0 Å². The molecule has 2 heterocycles. The molecule has 0 radical (unpaired) electrons. The highest BCUT2D eigenvalue weighted by molar-refractivity contribution is 7.99. The first-order chi connectivity index (χ1) is 15.5. The van der Waals surface area contributed by atoms with Gasteiger partial charge in [0.05, 0.1) is 19.2 Å². The number of carbonyl (C=O) groups excluding carboxylic acids is 1. The largest absolute Gasteiger partial charge is 0.497 e. The maximum atomic E-state index is 12.7. The number of hydrogen-bond donors (Lipinski definition) is 1. The number of para-hydroxylation sites is 1. The number of rotatable bonds is 8. The Labute approximate surface area is 194 Å². The summed E-state index contributed by atoms with van der Waals surface area (Å²) < 4.78 is 7.12. The highest BCUT2D eigenvalue weighted by Gasteiger charge is 2.17. The molecule has 32 heavy (non-hydrogen) atoms. The molecule has 0 aliphatic carbocycles. The third-order valence-electron chi connectivity index (χ3n) is 4.63. The average molecular weight is 466 g/mol. The zero-order chi connectivity index (χ0) is 22.5. The van der Waals surface area contributed by atoms with Crippen LogP contribution in [0.4, 0.5) is 0 Å². The van der Waals surface area contributed by atoms with E-state index in [4.69, 9.17) is 16.3 Å². The number of hydrogen-bond acceptors (Lipinski definition) is 6. The lowest BCUT2D eigenvalue weighted by Gasteiger charge is -2.11. The molecule has 0 fully saturated rings. The number of fused-ring (bicyclic) bond motifs is 1. The molecule has 1 amide bonds. The van der Waals surface area contributed by atoms with Crippen LogP contribution in [0.15, 0.2) is 77.4 Å². The first-order valence-electron chi connectivity index (χ1n) is 9.74. The van der Waals surface area contributed by atoms with Crippen molar-refractivity contribution < 1.29 is 9.53 Å². The van der Waals surface area contributed by atoms with Gasteiger partial charge in [0.15, 0.2) is 11.0 Å². The number of nitrogens with zero attached hydrogens (tertiary/aromatic N) is 4. The monoisotopic (exact) mass is 465 g/mol. The SMILES string of the molecule is C=C(Cl)CSc1nnc(CNC(=O)c2ccc3ccccc3n2)n1-c1ccc(OC)cc1. The molecule has 9 heteroatoms. The molecular weight excluding hydrogens is 446 g/mol. The number of methoxy groups -OCH3 is 1. The van der Waals surface area contributed by atoms with Gasteiger partial charge in [0.25, 0.3) is 5.91 Å². The van der Waals surface area contributed by atoms with Gasteiger partial charge in [-0.15, -0.1) is 10.2 Å². The van der Waals surface area contributed by atoms with Crippen molar-refractivity contribution in [3.8, 4) is 11.4 Å². The lowest BCUT2D eigenvalue weighted by molar-refractivity contribution is 0.0945. The van der Waals surface area contributed by atoms with E-state index in [-0.39, 0.29) is 12.5 Å². The van der Waals surface area contributed by atoms with Gasteiger partial charge < -0.3 is 10.1 Å². The highest BCUT2D eigenvalue weighted by Crippen LogP contribution is 2.25. The number of amides is 1. The van der Waals surface area contributed by atoms with Gasteiger partial charge in [-0.2, -0.15) is 0 Å². The number of thioether (sulfide) groups is 1. The van der Waals surface area contributed by atoms with Crippen LogP contribution < -0.4 is 10.1 Å². The number of benzene rings is 2. The van der Waals surface area contributed by atoms with Crippen molar-refractivity contribution in [3.05, 3.63) is 83.8 Å². The van der Waals surface area contributed by atoms with E-state index in [1.807, 2.05) is 59.2 Å². The summed E-state index contributed by atoms with van der Waals surface area (Å²) >= 11 is 7.35. The van der Waals surface area contributed by atoms with Crippen molar-refractivity contribution in [1.82, 2.24) is 25.1 Å². The van der Waals surface area contributed by atoms with Crippen LogP contribution >= 0.6 is 23.4 Å². The number of halogens is 1. The van der Waals surface area contributed by atoms with Gasteiger partial charge in [-0.1, -0.05) is 54.2 Å². The Balaban J connectivity index is 1.57. The Hall–Kier alpha value is -3.36. The minimum atomic E-state index is -0.289. The minimum Gasteiger partial charge on any atom is -0.497 e. The Morgan fingerprint density at radius 3 is 2.66 bits per heavy atom. The van der Waals surface area contributed by atoms with E-state index in [0.717, 1.165) is 22.3 Å². The summed E-state index contributed by atoms with van der Waals surface area (Å²) in [5.41, 5.74) is 1.94. The fourth-order valence-corrected chi connectivity index (χ4v) is 3.97. The standard InChI is InChI=1S/C23H20ClN5O2S/c1-15(24)14-32-23-28-27-21(29(23)17-8-10-18(31-2)11-9-17)13-25-22(30)20-12-7-16-5-3-4-6-19(16)26-20/h3-12H,1,13-14H2,2H3,(H,25,30). The van der Waals surface area contributed by atoms with Crippen LogP contribution in [0.3, 0.4) is 0 Å². The second kappa shape index (κ2) is 9.84. The van der Waals surface area contributed by atoms with Gasteiger partial charge in [-0.05, 0) is 36.4 Å². The number of ether oxygens (including phenoxy) is 1. The van der Waals surface area contributed by atoms with E-state index in [1.165, 1.54) is 11.8 Å². The van der Waals surface area contributed by atoms with Crippen LogP contribution in [0.5, 0.6) is 5.75 Å². The summed E-state index contributed by atoms with van der Waals surface area (Å²) in [6.07, 6.45) is 0. The first kappa shape index (κ1) is 21.9. The lowest BCUT2D eigenvalue weighted by atomic mass is 10.2. The fraction of sp³-hybridized carbons (Fsp3) is 0.130. The molecule has 4 rings (SSSR count). The van der Waals surface area contributed by atoms with Gasteiger partial charge in [0.1, 0.15) is 11.4 Å². The summed E-state index contributed by atoms with van der Waals surface area (Å²) in [5, 5.41) is 13.6. The zero-order valence-corrected chi connectivity index (χ0v) is 18.9. The van der Waals surface area contributed by atoms with Crippen molar-refractivity contribution in [3.63, 3.8) is 0 Å². The second-order valence-corrected chi connectivity index (χ2v) is 8.29. The van der Waals surface area contributed by atoms with Gasteiger partial charge in [-0.25, -0.2) is 4.98 Å². The molecular formula is C23H20ClN5O2S. The predicted molar refractivity (Wildman–Crippen MR) is 127 cm³/mol. The van der Waals surface area contributed by atoms with E-state index >= 15 is 0 Å². The van der Waals surface area contributed by atoms with Gasteiger partial charge in [0.2, 0.25) is 0 Å². The summed E-state index contributed by atoms with van der Waals surface area (Å²) in [4.78, 5) is 17.2. The van der Waals surface area contributed by atoms with Crippen LogP contribution in [0.25, 0.3) is 16.6 Å². The third-order valence-corrected chi connectivity index (χ3v) is 5.93. The predicted octanol–water partition coefficient (Wildman–Crippen LogP) is 4.60. The lowest BCUT2D eigenvalue weighted by Crippen LogP contribution is -2.25. The third kappa shape index (κ3) is 4.92. The summed E-state index contributed by atoms with van der Waals surface area (Å²) in [7, 11) is 1.61. The molecule has 1 N–H and O–H groups in total. The zero-order valence-electron chi connectivity index (χ0n) is 17.3. The van der Waals surface area contributed by atoms with E-state index in [2.05, 4.69) is 27.1 Å². The molecule has 0 spiro atoms. The molecule has 162 valence electrons. The van der Waals surface area contributed by atoms with Gasteiger partial charge in [0, 0.05) is 21.9 Å². The normalized spacial score (nSPS) is 10.8. The molecule has 0 saturated carbocycles. The summed E-state index contributed by atoms with van der Waals surface area (Å²) in [6.45, 7) is 3.90. The van der Waals surface area contributed by atoms with E-state index in [1.54, 1.807) is 13.2 Å². The number of nitrogens with one attached hydrogen (secondary N) is 1. The first-order valence-corrected chi connectivity index (χ1v) is 11.1. The second-order valence-electron chi connectivity index (χ2n) is 6.81.